The van der Waals surface area contributed by atoms with Gasteiger partial charge in [0.15, 0.2) is 0 Å². The van der Waals surface area contributed by atoms with Crippen molar-refractivity contribution in [3.63, 3.8) is 0 Å². The number of carbonyl (C=O) groups is 1. The molecule has 3 nitrogen and oxygen atoms in total. The Bertz CT molecular complexity index is 525. The zero-order valence-electron chi connectivity index (χ0n) is 12.7. The quantitative estimate of drug-likeness (QED) is 0.798. The molecule has 1 heterocycles. The van der Waals surface area contributed by atoms with Gasteiger partial charge < -0.3 is 5.32 Å². The summed E-state index contributed by atoms with van der Waals surface area (Å²) in [6.45, 7) is 6.70. The zero-order valence-corrected chi connectivity index (χ0v) is 14.3. The van der Waals surface area contributed by atoms with E-state index in [0.29, 0.717) is 16.5 Å². The van der Waals surface area contributed by atoms with Crippen LogP contribution in [0.25, 0.3) is 0 Å². The Kier molecular flexibility index (Phi) is 5.15. The smallest absolute Gasteiger partial charge is 0.253 e. The Hall–Kier alpha value is -0.800. The van der Waals surface area contributed by atoms with Crippen molar-refractivity contribution in [2.75, 3.05) is 0 Å². The first-order valence-electron chi connectivity index (χ1n) is 7.41. The summed E-state index contributed by atoms with van der Waals surface area (Å²) >= 11 is 11.9. The van der Waals surface area contributed by atoms with E-state index in [1.165, 1.54) is 18.7 Å². The number of halogens is 2. The van der Waals surface area contributed by atoms with Gasteiger partial charge in [0.2, 0.25) is 0 Å². The van der Waals surface area contributed by atoms with E-state index in [9.17, 15) is 4.79 Å². The van der Waals surface area contributed by atoms with E-state index in [1.807, 2.05) is 0 Å². The molecule has 2 atom stereocenters. The second-order valence-electron chi connectivity index (χ2n) is 6.82. The van der Waals surface area contributed by atoms with Gasteiger partial charge in [0.05, 0.1) is 10.6 Å². The highest BCUT2D eigenvalue weighted by atomic mass is 35.5. The predicted octanol–water partition coefficient (Wildman–Crippen LogP) is 4.72. The first-order valence-corrected chi connectivity index (χ1v) is 8.16. The van der Waals surface area contributed by atoms with E-state index in [-0.39, 0.29) is 22.5 Å². The minimum atomic E-state index is -0.162. The Morgan fingerprint density at radius 1 is 1.29 bits per heavy atom. The van der Waals surface area contributed by atoms with Gasteiger partial charge in [0.1, 0.15) is 5.15 Å². The monoisotopic (exact) mass is 328 g/mol. The molecule has 0 spiro atoms. The van der Waals surface area contributed by atoms with Gasteiger partial charge in [0.25, 0.3) is 5.91 Å². The largest absolute Gasteiger partial charge is 0.349 e. The number of hydrogen-bond donors (Lipinski definition) is 1. The predicted molar refractivity (Wildman–Crippen MR) is 86.9 cm³/mol. The number of amides is 1. The number of hydrogen-bond acceptors (Lipinski definition) is 2. The maximum absolute atomic E-state index is 12.5. The van der Waals surface area contributed by atoms with Gasteiger partial charge in [0, 0.05) is 12.2 Å². The second-order valence-corrected chi connectivity index (χ2v) is 7.62. The maximum Gasteiger partial charge on any atom is 0.253 e. The molecule has 0 aromatic carbocycles. The molecule has 116 valence electrons. The number of pyridine rings is 1. The summed E-state index contributed by atoms with van der Waals surface area (Å²) in [4.78, 5) is 16.4. The molecule has 2 rings (SSSR count). The van der Waals surface area contributed by atoms with E-state index in [4.69, 9.17) is 23.2 Å². The Labute approximate surface area is 136 Å². The van der Waals surface area contributed by atoms with Gasteiger partial charge >= 0.3 is 0 Å². The van der Waals surface area contributed by atoms with Crippen LogP contribution in [0.5, 0.6) is 0 Å². The minimum Gasteiger partial charge on any atom is -0.349 e. The highest BCUT2D eigenvalue weighted by Gasteiger charge is 2.35. The summed E-state index contributed by atoms with van der Waals surface area (Å²) in [6, 6.07) is 1.71. The Balaban J connectivity index is 2.15. The van der Waals surface area contributed by atoms with Crippen LogP contribution >= 0.6 is 23.2 Å². The molecule has 1 aliphatic carbocycles. The number of aromatic nitrogens is 1. The third-order valence-electron chi connectivity index (χ3n) is 4.26. The van der Waals surface area contributed by atoms with E-state index in [1.54, 1.807) is 0 Å². The molecule has 1 N–H and O–H groups in total. The molecule has 1 saturated carbocycles. The molecule has 21 heavy (non-hydrogen) atoms. The van der Waals surface area contributed by atoms with Crippen molar-refractivity contribution in [3.8, 4) is 0 Å². The number of nitrogens with one attached hydrogen (secondary N) is 1. The number of rotatable bonds is 2. The first-order chi connectivity index (χ1) is 9.79. The Morgan fingerprint density at radius 3 is 2.62 bits per heavy atom. The van der Waals surface area contributed by atoms with Crippen molar-refractivity contribution < 1.29 is 4.79 Å². The normalized spacial score (nSPS) is 22.9. The molecule has 0 bridgehead atoms. The standard InChI is InChI=1S/C16H22Cl2N2O/c1-16(2,3)11-6-4-5-7-13(11)20-15(21)10-8-14(18)19-9-12(10)17/h8-9,11,13H,4-7H2,1-3H3,(H,20,21). The van der Waals surface area contributed by atoms with Crippen LogP contribution in [0.3, 0.4) is 0 Å². The SMILES string of the molecule is CC(C)(C)C1CCCCC1NC(=O)c1cc(Cl)ncc1Cl. The van der Waals surface area contributed by atoms with E-state index in [2.05, 4.69) is 31.1 Å². The van der Waals surface area contributed by atoms with Crippen LogP contribution in [0.2, 0.25) is 10.2 Å². The lowest BCUT2D eigenvalue weighted by Crippen LogP contribution is -2.46. The van der Waals surface area contributed by atoms with Crippen molar-refractivity contribution in [3.05, 3.63) is 28.0 Å². The van der Waals surface area contributed by atoms with Gasteiger partial charge in [-0.2, -0.15) is 0 Å². The summed E-state index contributed by atoms with van der Waals surface area (Å²) in [7, 11) is 0. The highest BCUT2D eigenvalue weighted by molar-refractivity contribution is 6.35. The molecule has 0 aliphatic heterocycles. The fraction of sp³-hybridized carbons (Fsp3) is 0.625. The van der Waals surface area contributed by atoms with Crippen LogP contribution in [0, 0.1) is 11.3 Å². The van der Waals surface area contributed by atoms with Gasteiger partial charge in [-0.1, -0.05) is 56.8 Å². The average molecular weight is 329 g/mol. The minimum absolute atomic E-state index is 0.162. The van der Waals surface area contributed by atoms with Crippen LogP contribution in [0.15, 0.2) is 12.3 Å². The van der Waals surface area contributed by atoms with Gasteiger partial charge in [-0.15, -0.1) is 0 Å². The summed E-state index contributed by atoms with van der Waals surface area (Å²) in [6.07, 6.45) is 5.98. The molecule has 5 heteroatoms. The molecular formula is C16H22Cl2N2O. The number of carbonyl (C=O) groups excluding carboxylic acids is 1. The lowest BCUT2D eigenvalue weighted by molar-refractivity contribution is 0.0830. The maximum atomic E-state index is 12.5. The molecule has 2 unspecified atom stereocenters. The van der Waals surface area contributed by atoms with Crippen molar-refractivity contribution in [1.82, 2.24) is 10.3 Å². The van der Waals surface area contributed by atoms with E-state index < -0.39 is 0 Å². The average Bonchev–Trinajstić information content (AvgIpc) is 2.41. The topological polar surface area (TPSA) is 42.0 Å². The van der Waals surface area contributed by atoms with Crippen molar-refractivity contribution >= 4 is 29.1 Å². The molecule has 1 aliphatic rings. The molecule has 1 aromatic heterocycles. The van der Waals surface area contributed by atoms with Gasteiger partial charge in [-0.05, 0) is 30.2 Å². The fourth-order valence-electron chi connectivity index (χ4n) is 3.17. The van der Waals surface area contributed by atoms with E-state index in [0.717, 1.165) is 19.3 Å². The van der Waals surface area contributed by atoms with Gasteiger partial charge in [-0.3, -0.25) is 4.79 Å². The molecule has 0 radical (unpaired) electrons. The summed E-state index contributed by atoms with van der Waals surface area (Å²) in [5.74, 6) is 0.316. The van der Waals surface area contributed by atoms with Crippen LogP contribution < -0.4 is 5.32 Å². The number of nitrogens with zero attached hydrogens (tertiary/aromatic N) is 1. The molecule has 0 saturated heterocycles. The van der Waals surface area contributed by atoms with Crippen molar-refractivity contribution in [2.24, 2.45) is 11.3 Å². The third kappa shape index (κ3) is 4.10. The summed E-state index contributed by atoms with van der Waals surface area (Å²) < 4.78 is 0. The molecule has 1 aromatic rings. The third-order valence-corrected chi connectivity index (χ3v) is 4.77. The molecule has 1 amide bonds. The fourth-order valence-corrected chi connectivity index (χ4v) is 3.52. The summed E-state index contributed by atoms with van der Waals surface area (Å²) in [5.41, 5.74) is 0.577. The van der Waals surface area contributed by atoms with Gasteiger partial charge in [-0.25, -0.2) is 4.98 Å². The van der Waals surface area contributed by atoms with Crippen molar-refractivity contribution in [1.29, 1.82) is 0 Å². The Morgan fingerprint density at radius 2 is 1.95 bits per heavy atom. The zero-order chi connectivity index (χ0) is 15.6. The van der Waals surface area contributed by atoms with Crippen LogP contribution in [0.1, 0.15) is 56.8 Å². The van der Waals surface area contributed by atoms with Crippen molar-refractivity contribution in [2.45, 2.75) is 52.5 Å². The van der Waals surface area contributed by atoms with Crippen LogP contribution in [-0.4, -0.2) is 16.9 Å². The van der Waals surface area contributed by atoms with Crippen LogP contribution in [0.4, 0.5) is 0 Å². The van der Waals surface area contributed by atoms with E-state index >= 15 is 0 Å². The molecule has 1 fully saturated rings. The second kappa shape index (κ2) is 6.53. The highest BCUT2D eigenvalue weighted by Crippen LogP contribution is 2.38. The molecular weight excluding hydrogens is 307 g/mol. The lowest BCUT2D eigenvalue weighted by Gasteiger charge is -2.40. The van der Waals surface area contributed by atoms with Crippen LogP contribution in [-0.2, 0) is 0 Å². The lowest BCUT2D eigenvalue weighted by atomic mass is 9.69. The summed E-state index contributed by atoms with van der Waals surface area (Å²) in [5, 5.41) is 3.76. The first kappa shape index (κ1) is 16.6.